The number of aromatic nitrogens is 1. The highest BCUT2D eigenvalue weighted by Gasteiger charge is 2.21. The number of ether oxygens (including phenoxy) is 1. The van der Waals surface area contributed by atoms with Gasteiger partial charge in [0.05, 0.1) is 12.0 Å². The van der Waals surface area contributed by atoms with Crippen LogP contribution in [0.5, 0.6) is 5.88 Å². The first-order valence-electron chi connectivity index (χ1n) is 7.18. The zero-order chi connectivity index (χ0) is 14.8. The minimum Gasteiger partial charge on any atom is -0.480 e. The van der Waals surface area contributed by atoms with Crippen molar-refractivity contribution in [2.75, 3.05) is 26.1 Å². The largest absolute Gasteiger partial charge is 0.480 e. The van der Waals surface area contributed by atoms with E-state index >= 15 is 0 Å². The predicted octanol–water partition coefficient (Wildman–Crippen LogP) is 2.47. The van der Waals surface area contributed by atoms with Gasteiger partial charge in [0.25, 0.3) is 0 Å². The zero-order valence-electron chi connectivity index (χ0n) is 12.7. The molecule has 1 aromatic heterocycles. The van der Waals surface area contributed by atoms with Gasteiger partial charge in [-0.1, -0.05) is 35.6 Å². The Morgan fingerprint density at radius 2 is 1.95 bits per heavy atom. The molecule has 3 rings (SSSR count). The summed E-state index contributed by atoms with van der Waals surface area (Å²) in [4.78, 5) is 7.68. The van der Waals surface area contributed by atoms with Crippen LogP contribution in [0.1, 0.15) is 16.0 Å². The van der Waals surface area contributed by atoms with Gasteiger partial charge in [-0.3, -0.25) is 0 Å². The standard InChI is InChI=1S/C16H21N3OS/c1-19(2)16-18-15(20-3)14(21-16)10-17-13-8-11-6-4-5-7-12(11)9-13/h4-7,13,17H,8-10H2,1-3H3. The molecule has 4 nitrogen and oxygen atoms in total. The first kappa shape index (κ1) is 14.4. The minimum atomic E-state index is 0.511. The summed E-state index contributed by atoms with van der Waals surface area (Å²) in [6.45, 7) is 0.813. The molecule has 1 aliphatic rings. The van der Waals surface area contributed by atoms with E-state index in [0.29, 0.717) is 6.04 Å². The quantitative estimate of drug-likeness (QED) is 0.921. The molecule has 0 unspecified atom stereocenters. The lowest BCUT2D eigenvalue weighted by molar-refractivity contribution is 0.393. The molecule has 0 aliphatic heterocycles. The Bertz CT molecular complexity index is 599. The lowest BCUT2D eigenvalue weighted by Gasteiger charge is -2.11. The van der Waals surface area contributed by atoms with E-state index in [1.54, 1.807) is 18.4 Å². The lowest BCUT2D eigenvalue weighted by atomic mass is 10.1. The van der Waals surface area contributed by atoms with Crippen molar-refractivity contribution in [2.24, 2.45) is 0 Å². The van der Waals surface area contributed by atoms with Crippen LogP contribution in [0.2, 0.25) is 0 Å². The Labute approximate surface area is 129 Å². The maximum atomic E-state index is 5.39. The smallest absolute Gasteiger partial charge is 0.230 e. The Hall–Kier alpha value is -1.59. The summed E-state index contributed by atoms with van der Waals surface area (Å²) in [6, 6.07) is 9.22. The van der Waals surface area contributed by atoms with Gasteiger partial charge in [-0.05, 0) is 24.0 Å². The summed E-state index contributed by atoms with van der Waals surface area (Å²) < 4.78 is 5.39. The van der Waals surface area contributed by atoms with Crippen molar-refractivity contribution >= 4 is 16.5 Å². The SMILES string of the molecule is COc1nc(N(C)C)sc1CNC1Cc2ccccc2C1. The fraction of sp³-hybridized carbons (Fsp3) is 0.438. The van der Waals surface area contributed by atoms with Gasteiger partial charge >= 0.3 is 0 Å². The Kier molecular flexibility index (Phi) is 4.12. The molecule has 1 aromatic carbocycles. The lowest BCUT2D eigenvalue weighted by Crippen LogP contribution is -2.28. The van der Waals surface area contributed by atoms with Crippen LogP contribution in [0.25, 0.3) is 0 Å². The van der Waals surface area contributed by atoms with Gasteiger partial charge in [0, 0.05) is 26.7 Å². The number of methoxy groups -OCH3 is 1. The molecule has 1 N–H and O–H groups in total. The van der Waals surface area contributed by atoms with E-state index in [2.05, 4.69) is 34.6 Å². The molecule has 5 heteroatoms. The molecule has 0 saturated carbocycles. The van der Waals surface area contributed by atoms with Crippen LogP contribution in [-0.4, -0.2) is 32.2 Å². The van der Waals surface area contributed by atoms with Gasteiger partial charge in [-0.2, -0.15) is 4.98 Å². The third kappa shape index (κ3) is 3.04. The highest BCUT2D eigenvalue weighted by molar-refractivity contribution is 7.15. The molecule has 1 heterocycles. The van der Waals surface area contributed by atoms with E-state index in [-0.39, 0.29) is 0 Å². The van der Waals surface area contributed by atoms with Crippen molar-refractivity contribution in [3.63, 3.8) is 0 Å². The van der Waals surface area contributed by atoms with E-state index < -0.39 is 0 Å². The van der Waals surface area contributed by atoms with E-state index in [1.807, 2.05) is 19.0 Å². The molecule has 2 aromatic rings. The fourth-order valence-corrected chi connectivity index (χ4v) is 3.63. The summed E-state index contributed by atoms with van der Waals surface area (Å²) in [5.41, 5.74) is 2.94. The van der Waals surface area contributed by atoms with Gasteiger partial charge in [0.2, 0.25) is 5.88 Å². The summed E-state index contributed by atoms with van der Waals surface area (Å²) >= 11 is 1.69. The number of thiazole rings is 1. The van der Waals surface area contributed by atoms with Crippen LogP contribution in [0.3, 0.4) is 0 Å². The van der Waals surface area contributed by atoms with Crippen LogP contribution >= 0.6 is 11.3 Å². The number of anilines is 1. The molecule has 112 valence electrons. The van der Waals surface area contributed by atoms with Crippen LogP contribution in [-0.2, 0) is 19.4 Å². The molecule has 21 heavy (non-hydrogen) atoms. The van der Waals surface area contributed by atoms with Crippen LogP contribution < -0.4 is 15.0 Å². The molecule has 0 saturated heterocycles. The Morgan fingerprint density at radius 3 is 2.52 bits per heavy atom. The number of nitrogens with one attached hydrogen (secondary N) is 1. The maximum absolute atomic E-state index is 5.39. The minimum absolute atomic E-state index is 0.511. The highest BCUT2D eigenvalue weighted by Crippen LogP contribution is 2.31. The number of rotatable bonds is 5. The molecular formula is C16H21N3OS. The Morgan fingerprint density at radius 1 is 1.29 bits per heavy atom. The van der Waals surface area contributed by atoms with E-state index in [1.165, 1.54) is 11.1 Å². The topological polar surface area (TPSA) is 37.4 Å². The number of benzene rings is 1. The number of hydrogen-bond donors (Lipinski definition) is 1. The summed E-state index contributed by atoms with van der Waals surface area (Å²) in [7, 11) is 5.69. The number of nitrogens with zero attached hydrogens (tertiary/aromatic N) is 2. The molecule has 1 aliphatic carbocycles. The second-order valence-corrected chi connectivity index (χ2v) is 6.64. The third-order valence-electron chi connectivity index (χ3n) is 3.83. The molecular weight excluding hydrogens is 282 g/mol. The van der Waals surface area contributed by atoms with Gasteiger partial charge in [0.1, 0.15) is 0 Å². The summed E-state index contributed by atoms with van der Waals surface area (Å²) in [5.74, 6) is 0.742. The van der Waals surface area contributed by atoms with Crippen molar-refractivity contribution in [1.82, 2.24) is 10.3 Å². The van der Waals surface area contributed by atoms with E-state index in [9.17, 15) is 0 Å². The van der Waals surface area contributed by atoms with Crippen molar-refractivity contribution in [1.29, 1.82) is 0 Å². The van der Waals surface area contributed by atoms with Crippen molar-refractivity contribution < 1.29 is 4.74 Å². The van der Waals surface area contributed by atoms with Crippen LogP contribution in [0, 0.1) is 0 Å². The van der Waals surface area contributed by atoms with E-state index in [4.69, 9.17) is 4.74 Å². The van der Waals surface area contributed by atoms with Gasteiger partial charge in [-0.15, -0.1) is 0 Å². The van der Waals surface area contributed by atoms with E-state index in [0.717, 1.165) is 35.3 Å². The number of fused-ring (bicyclic) bond motifs is 1. The first-order chi connectivity index (χ1) is 10.2. The fourth-order valence-electron chi connectivity index (χ4n) is 2.73. The summed E-state index contributed by atoms with van der Waals surface area (Å²) in [5, 5.41) is 4.63. The summed E-state index contributed by atoms with van der Waals surface area (Å²) in [6.07, 6.45) is 2.22. The third-order valence-corrected chi connectivity index (χ3v) is 5.03. The molecule has 0 fully saturated rings. The van der Waals surface area contributed by atoms with Gasteiger partial charge < -0.3 is 15.0 Å². The molecule has 0 bridgehead atoms. The molecule has 0 radical (unpaired) electrons. The average Bonchev–Trinajstić information content (AvgIpc) is 3.08. The Balaban J connectivity index is 1.64. The van der Waals surface area contributed by atoms with Crippen molar-refractivity contribution in [3.05, 3.63) is 40.3 Å². The molecule has 0 atom stereocenters. The normalized spacial score (nSPS) is 14.2. The van der Waals surface area contributed by atoms with Crippen molar-refractivity contribution in [3.8, 4) is 5.88 Å². The highest BCUT2D eigenvalue weighted by atomic mass is 32.1. The van der Waals surface area contributed by atoms with Crippen LogP contribution in [0.15, 0.2) is 24.3 Å². The maximum Gasteiger partial charge on any atom is 0.230 e. The van der Waals surface area contributed by atoms with Crippen LogP contribution in [0.4, 0.5) is 5.13 Å². The molecule has 0 spiro atoms. The second-order valence-electron chi connectivity index (χ2n) is 5.58. The second kappa shape index (κ2) is 6.03. The predicted molar refractivity (Wildman–Crippen MR) is 87.5 cm³/mol. The number of hydrogen-bond acceptors (Lipinski definition) is 5. The van der Waals surface area contributed by atoms with Gasteiger partial charge in [-0.25, -0.2) is 0 Å². The molecule has 0 amide bonds. The zero-order valence-corrected chi connectivity index (χ0v) is 13.5. The first-order valence-corrected chi connectivity index (χ1v) is 8.00. The average molecular weight is 303 g/mol. The monoisotopic (exact) mass is 303 g/mol. The van der Waals surface area contributed by atoms with Gasteiger partial charge in [0.15, 0.2) is 5.13 Å². The van der Waals surface area contributed by atoms with Crippen molar-refractivity contribution in [2.45, 2.75) is 25.4 Å².